The summed E-state index contributed by atoms with van der Waals surface area (Å²) in [6.45, 7) is 2.82. The smallest absolute Gasteiger partial charge is 0.441 e. The number of hydrogen-bond donors (Lipinski definition) is 2. The second-order valence-electron chi connectivity index (χ2n) is 5.92. The maximum atomic E-state index is 14.1. The molecule has 1 amide bonds. The average molecular weight is 415 g/mol. The van der Waals surface area contributed by atoms with Crippen LogP contribution in [0.15, 0.2) is 48.5 Å². The van der Waals surface area contributed by atoms with Crippen molar-refractivity contribution in [2.75, 3.05) is 11.9 Å². The number of alkyl halides is 3. The Labute approximate surface area is 164 Å². The fourth-order valence-corrected chi connectivity index (χ4v) is 2.55. The van der Waals surface area contributed by atoms with E-state index < -0.39 is 23.7 Å². The van der Waals surface area contributed by atoms with Crippen LogP contribution < -0.4 is 10.6 Å². The van der Waals surface area contributed by atoms with E-state index >= 15 is 0 Å². The van der Waals surface area contributed by atoms with Crippen molar-refractivity contribution in [2.24, 2.45) is 0 Å². The van der Waals surface area contributed by atoms with Crippen LogP contribution in [0.4, 0.5) is 18.9 Å². The lowest BCUT2D eigenvalue weighted by atomic mass is 10.1. The monoisotopic (exact) mass is 414 g/mol. The molecule has 0 fully saturated rings. The number of anilines is 1. The largest absolute Gasteiger partial charge is 0.463 e. The van der Waals surface area contributed by atoms with Crippen LogP contribution in [-0.4, -0.2) is 30.3 Å². The van der Waals surface area contributed by atoms with E-state index in [0.717, 1.165) is 5.56 Å². The highest BCUT2D eigenvalue weighted by atomic mass is 35.5. The topological polar surface area (TPSA) is 67.4 Å². The lowest BCUT2D eigenvalue weighted by Crippen LogP contribution is -2.69. The second-order valence-corrected chi connectivity index (χ2v) is 6.36. The number of carbonyl (C=O) groups excluding carboxylic acids is 2. The number of benzene rings is 2. The van der Waals surface area contributed by atoms with Crippen LogP contribution in [0.2, 0.25) is 5.02 Å². The van der Waals surface area contributed by atoms with Crippen molar-refractivity contribution >= 4 is 29.2 Å². The van der Waals surface area contributed by atoms with Gasteiger partial charge in [0.2, 0.25) is 0 Å². The molecule has 0 aliphatic rings. The van der Waals surface area contributed by atoms with Gasteiger partial charge in [-0.05, 0) is 44.2 Å². The van der Waals surface area contributed by atoms with Crippen molar-refractivity contribution in [3.63, 3.8) is 0 Å². The fraction of sp³-hybridized carbons (Fsp3) is 0.263. The van der Waals surface area contributed by atoms with Crippen molar-refractivity contribution in [2.45, 2.75) is 25.7 Å². The maximum absolute atomic E-state index is 14.1. The summed E-state index contributed by atoms with van der Waals surface area (Å²) in [6, 6.07) is 11.2. The van der Waals surface area contributed by atoms with Crippen LogP contribution >= 0.6 is 11.6 Å². The molecule has 0 saturated carbocycles. The Balaban J connectivity index is 2.50. The number of hydrogen-bond acceptors (Lipinski definition) is 4. The van der Waals surface area contributed by atoms with Crippen LogP contribution in [-0.2, 0) is 9.53 Å². The van der Waals surface area contributed by atoms with Gasteiger partial charge in [0.25, 0.3) is 5.91 Å². The zero-order valence-corrected chi connectivity index (χ0v) is 15.8. The zero-order chi connectivity index (χ0) is 20.9. The summed E-state index contributed by atoms with van der Waals surface area (Å²) in [4.78, 5) is 24.9. The third-order valence-electron chi connectivity index (χ3n) is 3.78. The number of rotatable bonds is 6. The minimum absolute atomic E-state index is 0.0256. The van der Waals surface area contributed by atoms with Gasteiger partial charge in [0.15, 0.2) is 0 Å². The Hall–Kier alpha value is -2.74. The van der Waals surface area contributed by atoms with Crippen LogP contribution in [0.3, 0.4) is 0 Å². The summed E-state index contributed by atoms with van der Waals surface area (Å²) in [5.74, 6) is -2.83. The molecule has 2 rings (SSSR count). The summed E-state index contributed by atoms with van der Waals surface area (Å²) in [6.07, 6.45) is -5.21. The molecule has 0 spiro atoms. The van der Waals surface area contributed by atoms with Gasteiger partial charge in [0, 0.05) is 16.3 Å². The third kappa shape index (κ3) is 4.75. The molecule has 2 aromatic rings. The van der Waals surface area contributed by atoms with E-state index in [0.29, 0.717) is 0 Å². The fourth-order valence-electron chi connectivity index (χ4n) is 2.36. The minimum Gasteiger partial charge on any atom is -0.463 e. The number of ether oxygens (including phenoxy) is 1. The number of esters is 1. The van der Waals surface area contributed by atoms with Gasteiger partial charge in [-0.1, -0.05) is 35.4 Å². The predicted octanol–water partition coefficient (Wildman–Crippen LogP) is 4.31. The van der Waals surface area contributed by atoms with Crippen molar-refractivity contribution < 1.29 is 27.5 Å². The van der Waals surface area contributed by atoms with Gasteiger partial charge in [0.1, 0.15) is 0 Å². The van der Waals surface area contributed by atoms with E-state index in [1.807, 2.05) is 0 Å². The molecule has 0 aliphatic heterocycles. The number of carbonyl (C=O) groups is 2. The molecule has 0 heterocycles. The molecule has 0 saturated heterocycles. The Morgan fingerprint density at radius 1 is 1.11 bits per heavy atom. The van der Waals surface area contributed by atoms with Gasteiger partial charge in [-0.3, -0.25) is 4.79 Å². The van der Waals surface area contributed by atoms with E-state index in [1.54, 1.807) is 24.4 Å². The molecule has 2 N–H and O–H groups in total. The van der Waals surface area contributed by atoms with Crippen molar-refractivity contribution in [1.82, 2.24) is 5.32 Å². The highest BCUT2D eigenvalue weighted by Crippen LogP contribution is 2.33. The number of halogens is 4. The van der Waals surface area contributed by atoms with Gasteiger partial charge in [0.05, 0.1) is 6.61 Å². The maximum Gasteiger partial charge on any atom is 0.441 e. The van der Waals surface area contributed by atoms with Gasteiger partial charge in [-0.15, -0.1) is 0 Å². The van der Waals surface area contributed by atoms with Crippen molar-refractivity contribution in [3.8, 4) is 0 Å². The first-order chi connectivity index (χ1) is 13.1. The lowest BCUT2D eigenvalue weighted by molar-refractivity contribution is -0.204. The molecule has 2 aromatic carbocycles. The van der Waals surface area contributed by atoms with Crippen molar-refractivity contribution in [3.05, 3.63) is 64.7 Å². The number of nitrogens with one attached hydrogen (secondary N) is 2. The first-order valence-electron chi connectivity index (χ1n) is 8.26. The molecule has 0 unspecified atom stereocenters. The Bertz CT molecular complexity index is 856. The Morgan fingerprint density at radius 3 is 2.29 bits per heavy atom. The summed E-state index contributed by atoms with van der Waals surface area (Å²) < 4.78 is 46.8. The number of amides is 1. The van der Waals surface area contributed by atoms with Crippen LogP contribution in [0.25, 0.3) is 0 Å². The predicted molar refractivity (Wildman–Crippen MR) is 99.1 cm³/mol. The normalized spacial score (nSPS) is 13.4. The quantitative estimate of drug-likeness (QED) is 0.546. The molecule has 0 radical (unpaired) electrons. The highest BCUT2D eigenvalue weighted by Gasteiger charge is 2.63. The Kier molecular flexibility index (Phi) is 6.56. The molecule has 1 atom stereocenters. The van der Waals surface area contributed by atoms with Crippen LogP contribution in [0.1, 0.15) is 22.8 Å². The zero-order valence-electron chi connectivity index (χ0n) is 15.1. The van der Waals surface area contributed by atoms with Crippen LogP contribution in [0.5, 0.6) is 0 Å². The van der Waals surface area contributed by atoms with E-state index in [9.17, 15) is 22.8 Å². The van der Waals surface area contributed by atoms with E-state index in [2.05, 4.69) is 10.1 Å². The standard InChI is InChI=1S/C19H18ClF3N2O3/c1-3-28-17(27)18(19(21,22)23,24-15-9-7-12(2)8-10-15)25-16(26)13-5-4-6-14(20)11-13/h4-11,24H,3H2,1-2H3,(H,25,26)/t18-/m1/s1. The summed E-state index contributed by atoms with van der Waals surface area (Å²) in [7, 11) is 0. The van der Waals surface area contributed by atoms with Gasteiger partial charge >= 0.3 is 17.8 Å². The molecule has 5 nitrogen and oxygen atoms in total. The summed E-state index contributed by atoms with van der Waals surface area (Å²) in [5.41, 5.74) is -2.85. The lowest BCUT2D eigenvalue weighted by Gasteiger charge is -2.35. The van der Waals surface area contributed by atoms with Gasteiger partial charge in [-0.2, -0.15) is 13.2 Å². The molecule has 0 aliphatic carbocycles. The molecule has 9 heteroatoms. The van der Waals surface area contributed by atoms with Gasteiger partial charge in [-0.25, -0.2) is 4.79 Å². The molecule has 0 aromatic heterocycles. The van der Waals surface area contributed by atoms with Gasteiger partial charge < -0.3 is 15.4 Å². The molecule has 0 bridgehead atoms. The van der Waals surface area contributed by atoms with E-state index in [1.165, 1.54) is 43.3 Å². The second kappa shape index (κ2) is 8.52. The van der Waals surface area contributed by atoms with Crippen LogP contribution in [0, 0.1) is 6.92 Å². The van der Waals surface area contributed by atoms with E-state index in [-0.39, 0.29) is 22.9 Å². The molecule has 28 heavy (non-hydrogen) atoms. The Morgan fingerprint density at radius 2 is 1.75 bits per heavy atom. The summed E-state index contributed by atoms with van der Waals surface area (Å²) in [5, 5.41) is 4.01. The first kappa shape index (κ1) is 21.6. The first-order valence-corrected chi connectivity index (χ1v) is 8.63. The average Bonchev–Trinajstić information content (AvgIpc) is 2.62. The SMILES string of the molecule is CCOC(=O)[C@](NC(=O)c1cccc(Cl)c1)(Nc1ccc(C)cc1)C(F)(F)F. The minimum atomic E-state index is -5.21. The molecular weight excluding hydrogens is 397 g/mol. The molecule has 150 valence electrons. The number of aryl methyl sites for hydroxylation is 1. The van der Waals surface area contributed by atoms with Crippen molar-refractivity contribution in [1.29, 1.82) is 0 Å². The summed E-state index contributed by atoms with van der Waals surface area (Å²) >= 11 is 5.80. The van der Waals surface area contributed by atoms with E-state index in [4.69, 9.17) is 11.6 Å². The molecular formula is C19H18ClF3N2O3. The third-order valence-corrected chi connectivity index (χ3v) is 4.01. The highest BCUT2D eigenvalue weighted by molar-refractivity contribution is 6.31.